The van der Waals surface area contributed by atoms with Crippen LogP contribution in [-0.2, 0) is 13.1 Å². The number of nitrogens with one attached hydrogen (secondary N) is 1. The average Bonchev–Trinajstić information content (AvgIpc) is 3.12. The van der Waals surface area contributed by atoms with E-state index in [1.165, 1.54) is 18.4 Å². The molecule has 1 saturated carbocycles. The van der Waals surface area contributed by atoms with Crippen molar-refractivity contribution in [1.82, 2.24) is 5.32 Å². The number of rotatable bonds is 6. The number of halogens is 1. The van der Waals surface area contributed by atoms with E-state index in [1.807, 2.05) is 7.05 Å². The Morgan fingerprint density at radius 3 is 2.80 bits per heavy atom. The van der Waals surface area contributed by atoms with Gasteiger partial charge >= 0.3 is 0 Å². The van der Waals surface area contributed by atoms with Gasteiger partial charge in [0.15, 0.2) is 0 Å². The van der Waals surface area contributed by atoms with Gasteiger partial charge in [0.25, 0.3) is 0 Å². The third kappa shape index (κ3) is 3.19. The largest absolute Gasteiger partial charge is 0.364 e. The zero-order valence-electron chi connectivity index (χ0n) is 11.6. The van der Waals surface area contributed by atoms with Gasteiger partial charge in [-0.3, -0.25) is 0 Å². The van der Waals surface area contributed by atoms with Crippen molar-refractivity contribution < 1.29 is 4.39 Å². The van der Waals surface area contributed by atoms with E-state index in [0.717, 1.165) is 17.8 Å². The minimum absolute atomic E-state index is 0.149. The maximum Gasteiger partial charge on any atom is 0.125 e. The Labute approximate surface area is 123 Å². The monoisotopic (exact) mass is 290 g/mol. The molecule has 0 saturated heterocycles. The van der Waals surface area contributed by atoms with Crippen LogP contribution < -0.4 is 10.2 Å². The molecule has 1 heterocycles. The molecule has 1 aliphatic rings. The molecule has 4 heteroatoms. The number of benzene rings is 1. The highest BCUT2D eigenvalue weighted by atomic mass is 32.1. The molecular formula is C16H19FN2S. The molecule has 0 bridgehead atoms. The Kier molecular flexibility index (Phi) is 4.03. The van der Waals surface area contributed by atoms with Crippen LogP contribution in [0.15, 0.2) is 35.0 Å². The van der Waals surface area contributed by atoms with E-state index >= 15 is 0 Å². The third-order valence-corrected chi connectivity index (χ3v) is 4.31. The highest BCUT2D eigenvalue weighted by Gasteiger charge is 2.29. The molecular weight excluding hydrogens is 271 g/mol. The quantitative estimate of drug-likeness (QED) is 0.871. The maximum absolute atomic E-state index is 13.8. The van der Waals surface area contributed by atoms with Gasteiger partial charge < -0.3 is 10.2 Å². The first-order chi connectivity index (χ1) is 9.76. The van der Waals surface area contributed by atoms with Gasteiger partial charge in [0.1, 0.15) is 5.82 Å². The highest BCUT2D eigenvalue weighted by molar-refractivity contribution is 7.07. The van der Waals surface area contributed by atoms with Gasteiger partial charge in [0.05, 0.1) is 0 Å². The minimum atomic E-state index is -0.149. The van der Waals surface area contributed by atoms with Gasteiger partial charge in [-0.25, -0.2) is 4.39 Å². The van der Waals surface area contributed by atoms with Crippen molar-refractivity contribution in [2.45, 2.75) is 32.0 Å². The van der Waals surface area contributed by atoms with Gasteiger partial charge in [0.2, 0.25) is 0 Å². The summed E-state index contributed by atoms with van der Waals surface area (Å²) in [7, 11) is 1.88. The highest BCUT2D eigenvalue weighted by Crippen LogP contribution is 2.34. The molecule has 0 amide bonds. The predicted octanol–water partition coefficient (Wildman–Crippen LogP) is 3.78. The first-order valence-corrected chi connectivity index (χ1v) is 7.92. The van der Waals surface area contributed by atoms with Crippen LogP contribution in [0.4, 0.5) is 10.1 Å². The summed E-state index contributed by atoms with van der Waals surface area (Å²) in [6.45, 7) is 1.57. The average molecular weight is 290 g/mol. The molecule has 0 aliphatic heterocycles. The maximum atomic E-state index is 13.8. The summed E-state index contributed by atoms with van der Waals surface area (Å²) in [5.74, 6) is -0.149. The van der Waals surface area contributed by atoms with Crippen LogP contribution in [0.2, 0.25) is 0 Å². The molecule has 0 atom stereocenters. The Morgan fingerprint density at radius 2 is 2.15 bits per heavy atom. The zero-order valence-corrected chi connectivity index (χ0v) is 12.4. The topological polar surface area (TPSA) is 15.3 Å². The van der Waals surface area contributed by atoms with E-state index in [-0.39, 0.29) is 5.82 Å². The van der Waals surface area contributed by atoms with Crippen LogP contribution >= 0.6 is 11.3 Å². The molecule has 3 rings (SSSR count). The molecule has 1 aromatic carbocycles. The Bertz CT molecular complexity index is 564. The molecule has 20 heavy (non-hydrogen) atoms. The van der Waals surface area contributed by atoms with Crippen molar-refractivity contribution >= 4 is 17.0 Å². The lowest BCUT2D eigenvalue weighted by Gasteiger charge is -2.25. The fourth-order valence-corrected chi connectivity index (χ4v) is 3.16. The summed E-state index contributed by atoms with van der Waals surface area (Å²) < 4.78 is 13.8. The van der Waals surface area contributed by atoms with E-state index < -0.39 is 0 Å². The smallest absolute Gasteiger partial charge is 0.125 e. The molecule has 106 valence electrons. The fraction of sp³-hybridized carbons (Fsp3) is 0.375. The SMILES string of the molecule is CNCc1cc(F)cc(N(Cc2ccsc2)C2CC2)c1. The molecule has 1 fully saturated rings. The van der Waals surface area contributed by atoms with Gasteiger partial charge in [-0.15, -0.1) is 0 Å². The second-order valence-electron chi connectivity index (χ2n) is 5.34. The second-order valence-corrected chi connectivity index (χ2v) is 6.12. The lowest BCUT2D eigenvalue weighted by Crippen LogP contribution is -2.25. The first-order valence-electron chi connectivity index (χ1n) is 6.98. The van der Waals surface area contributed by atoms with Crippen LogP contribution in [-0.4, -0.2) is 13.1 Å². The Hall–Kier alpha value is -1.39. The number of hydrogen-bond acceptors (Lipinski definition) is 3. The predicted molar refractivity (Wildman–Crippen MR) is 82.7 cm³/mol. The fourth-order valence-electron chi connectivity index (χ4n) is 2.50. The minimum Gasteiger partial charge on any atom is -0.364 e. The van der Waals surface area contributed by atoms with E-state index in [4.69, 9.17) is 0 Å². The second kappa shape index (κ2) is 5.94. The summed E-state index contributed by atoms with van der Waals surface area (Å²) in [4.78, 5) is 2.34. The normalized spacial score (nSPS) is 14.5. The van der Waals surface area contributed by atoms with Crippen LogP contribution in [0, 0.1) is 5.82 Å². The van der Waals surface area contributed by atoms with Crippen LogP contribution in [0.25, 0.3) is 0 Å². The lowest BCUT2D eigenvalue weighted by molar-refractivity contribution is 0.621. The number of thiophene rings is 1. The number of hydrogen-bond donors (Lipinski definition) is 1. The van der Waals surface area contributed by atoms with E-state index in [1.54, 1.807) is 23.5 Å². The van der Waals surface area contributed by atoms with Crippen molar-refractivity contribution in [3.05, 3.63) is 52.0 Å². The summed E-state index contributed by atoms with van der Waals surface area (Å²) in [5, 5.41) is 7.35. The summed E-state index contributed by atoms with van der Waals surface area (Å²) in [5.41, 5.74) is 3.31. The van der Waals surface area contributed by atoms with E-state index in [9.17, 15) is 4.39 Å². The van der Waals surface area contributed by atoms with Gasteiger partial charge in [-0.2, -0.15) is 11.3 Å². The number of anilines is 1. The van der Waals surface area contributed by atoms with Crippen molar-refractivity contribution in [3.63, 3.8) is 0 Å². The summed E-state index contributed by atoms with van der Waals surface area (Å²) in [6, 6.07) is 8.08. The third-order valence-electron chi connectivity index (χ3n) is 3.58. The molecule has 0 radical (unpaired) electrons. The molecule has 2 nitrogen and oxygen atoms in total. The van der Waals surface area contributed by atoms with Crippen LogP contribution in [0.5, 0.6) is 0 Å². The molecule has 0 unspecified atom stereocenters. The Balaban J connectivity index is 1.86. The van der Waals surface area contributed by atoms with Crippen LogP contribution in [0.3, 0.4) is 0 Å². The van der Waals surface area contributed by atoms with Crippen molar-refractivity contribution in [2.24, 2.45) is 0 Å². The first kappa shape index (κ1) is 13.6. The van der Waals surface area contributed by atoms with Crippen molar-refractivity contribution in [1.29, 1.82) is 0 Å². The molecule has 0 spiro atoms. The molecule has 2 aromatic rings. The van der Waals surface area contributed by atoms with Gasteiger partial charge in [0, 0.05) is 24.8 Å². The number of nitrogens with zero attached hydrogens (tertiary/aromatic N) is 1. The van der Waals surface area contributed by atoms with Gasteiger partial charge in [-0.05, 0) is 66.0 Å². The van der Waals surface area contributed by atoms with Crippen molar-refractivity contribution in [3.8, 4) is 0 Å². The van der Waals surface area contributed by atoms with E-state index in [2.05, 4.69) is 33.1 Å². The lowest BCUT2D eigenvalue weighted by atomic mass is 10.1. The Morgan fingerprint density at radius 1 is 1.30 bits per heavy atom. The summed E-state index contributed by atoms with van der Waals surface area (Å²) in [6.07, 6.45) is 2.42. The molecule has 1 aromatic heterocycles. The summed E-state index contributed by atoms with van der Waals surface area (Å²) >= 11 is 1.71. The van der Waals surface area contributed by atoms with Crippen molar-refractivity contribution in [2.75, 3.05) is 11.9 Å². The van der Waals surface area contributed by atoms with Gasteiger partial charge in [-0.1, -0.05) is 0 Å². The van der Waals surface area contributed by atoms with E-state index in [0.29, 0.717) is 12.6 Å². The zero-order chi connectivity index (χ0) is 13.9. The molecule has 1 N–H and O–H groups in total. The molecule has 1 aliphatic carbocycles. The van der Waals surface area contributed by atoms with Crippen LogP contribution in [0.1, 0.15) is 24.0 Å². The standard InChI is InChI=1S/C16H19FN2S/c1-18-9-13-6-14(17)8-16(7-13)19(15-2-3-15)10-12-4-5-20-11-12/h4-8,11,15,18H,2-3,9-10H2,1H3.